The van der Waals surface area contributed by atoms with Crippen molar-refractivity contribution in [3.05, 3.63) is 33.4 Å². The molecular formula is C15H22. The molecule has 1 aromatic rings. The first-order valence-corrected chi connectivity index (χ1v) is 6.10. The zero-order valence-corrected chi connectivity index (χ0v) is 10.7. The zero-order valence-electron chi connectivity index (χ0n) is 10.7. The largest absolute Gasteiger partial charge is 0.0622 e. The summed E-state index contributed by atoms with van der Waals surface area (Å²) in [5, 5.41) is 0. The van der Waals surface area contributed by atoms with Gasteiger partial charge >= 0.3 is 0 Å². The predicted octanol–water partition coefficient (Wildman–Crippen LogP) is 4.05. The van der Waals surface area contributed by atoms with Crippen LogP contribution in [0.2, 0.25) is 0 Å². The summed E-state index contributed by atoms with van der Waals surface area (Å²) >= 11 is 0. The van der Waals surface area contributed by atoms with E-state index in [4.69, 9.17) is 0 Å². The molecule has 15 heavy (non-hydrogen) atoms. The Hall–Kier alpha value is -0.780. The summed E-state index contributed by atoms with van der Waals surface area (Å²) in [4.78, 5) is 0. The van der Waals surface area contributed by atoms with Crippen LogP contribution in [0.15, 0.2) is 0 Å². The fourth-order valence-electron chi connectivity index (χ4n) is 2.92. The highest BCUT2D eigenvalue weighted by Gasteiger charge is 2.21. The lowest BCUT2D eigenvalue weighted by molar-refractivity contribution is 0.497. The summed E-state index contributed by atoms with van der Waals surface area (Å²) in [6.07, 6.45) is 3.96. The van der Waals surface area contributed by atoms with Crippen LogP contribution < -0.4 is 0 Å². The highest BCUT2D eigenvalue weighted by Crippen LogP contribution is 2.33. The second kappa shape index (κ2) is 3.66. The smallest absolute Gasteiger partial charge is 0.0247 e. The Bertz CT molecular complexity index is 399. The Morgan fingerprint density at radius 1 is 0.800 bits per heavy atom. The van der Waals surface area contributed by atoms with E-state index in [2.05, 4.69) is 34.6 Å². The molecule has 0 spiro atoms. The molecule has 0 heteroatoms. The molecule has 0 fully saturated rings. The van der Waals surface area contributed by atoms with Crippen LogP contribution >= 0.6 is 0 Å². The van der Waals surface area contributed by atoms with Crippen molar-refractivity contribution in [1.29, 1.82) is 0 Å². The second-order valence-electron chi connectivity index (χ2n) is 5.31. The third-order valence-corrected chi connectivity index (χ3v) is 4.40. The Kier molecular flexibility index (Phi) is 2.62. The fourth-order valence-corrected chi connectivity index (χ4v) is 2.92. The minimum atomic E-state index is 0.873. The van der Waals surface area contributed by atoms with Crippen molar-refractivity contribution in [2.45, 2.75) is 53.9 Å². The third kappa shape index (κ3) is 1.60. The molecule has 1 aliphatic rings. The van der Waals surface area contributed by atoms with Gasteiger partial charge in [-0.3, -0.25) is 0 Å². The van der Waals surface area contributed by atoms with Crippen LogP contribution in [0.4, 0.5) is 0 Å². The average molecular weight is 202 g/mol. The van der Waals surface area contributed by atoms with E-state index in [1.54, 1.807) is 22.3 Å². The molecule has 0 heterocycles. The molecule has 1 atom stereocenters. The van der Waals surface area contributed by atoms with Crippen molar-refractivity contribution < 1.29 is 0 Å². The van der Waals surface area contributed by atoms with Gasteiger partial charge in [0.2, 0.25) is 0 Å². The molecule has 1 aromatic carbocycles. The van der Waals surface area contributed by atoms with Gasteiger partial charge in [-0.1, -0.05) is 6.92 Å². The molecule has 0 bridgehead atoms. The van der Waals surface area contributed by atoms with Crippen LogP contribution in [-0.2, 0) is 12.8 Å². The van der Waals surface area contributed by atoms with Gasteiger partial charge in [0, 0.05) is 0 Å². The number of benzene rings is 1. The molecule has 1 unspecified atom stereocenters. The van der Waals surface area contributed by atoms with E-state index in [1.165, 1.54) is 30.4 Å². The van der Waals surface area contributed by atoms with Crippen molar-refractivity contribution in [1.82, 2.24) is 0 Å². The summed E-state index contributed by atoms with van der Waals surface area (Å²) in [6, 6.07) is 0. The lowest BCUT2D eigenvalue weighted by atomic mass is 9.78. The lowest BCUT2D eigenvalue weighted by Gasteiger charge is -2.27. The highest BCUT2D eigenvalue weighted by atomic mass is 14.3. The van der Waals surface area contributed by atoms with Crippen LogP contribution in [0.3, 0.4) is 0 Å². The SMILES string of the molecule is Cc1c(C)c(C)c2c(c1C)CCC(C)C2. The van der Waals surface area contributed by atoms with E-state index in [9.17, 15) is 0 Å². The van der Waals surface area contributed by atoms with Gasteiger partial charge in [-0.15, -0.1) is 0 Å². The predicted molar refractivity (Wildman–Crippen MR) is 66.6 cm³/mol. The van der Waals surface area contributed by atoms with Gasteiger partial charge < -0.3 is 0 Å². The molecule has 0 nitrogen and oxygen atoms in total. The molecule has 0 aromatic heterocycles. The van der Waals surface area contributed by atoms with Crippen LogP contribution in [0.1, 0.15) is 46.7 Å². The van der Waals surface area contributed by atoms with Gasteiger partial charge in [-0.2, -0.15) is 0 Å². The van der Waals surface area contributed by atoms with Crippen molar-refractivity contribution in [2.24, 2.45) is 5.92 Å². The molecule has 0 saturated carbocycles. The Morgan fingerprint density at radius 2 is 1.33 bits per heavy atom. The summed E-state index contributed by atoms with van der Waals surface area (Å²) in [5.41, 5.74) is 9.46. The van der Waals surface area contributed by atoms with Crippen LogP contribution in [0.5, 0.6) is 0 Å². The van der Waals surface area contributed by atoms with E-state index >= 15 is 0 Å². The van der Waals surface area contributed by atoms with Gasteiger partial charge in [0.05, 0.1) is 0 Å². The van der Waals surface area contributed by atoms with Crippen molar-refractivity contribution in [3.63, 3.8) is 0 Å². The molecule has 0 aliphatic heterocycles. The maximum Gasteiger partial charge on any atom is -0.0247 e. The summed E-state index contributed by atoms with van der Waals surface area (Å²) in [7, 11) is 0. The van der Waals surface area contributed by atoms with Gasteiger partial charge in [0.25, 0.3) is 0 Å². The highest BCUT2D eigenvalue weighted by molar-refractivity contribution is 5.51. The first-order chi connectivity index (χ1) is 7.02. The van der Waals surface area contributed by atoms with E-state index in [0.717, 1.165) is 5.92 Å². The van der Waals surface area contributed by atoms with E-state index in [0.29, 0.717) is 0 Å². The normalized spacial score (nSPS) is 20.2. The van der Waals surface area contributed by atoms with Crippen LogP contribution in [-0.4, -0.2) is 0 Å². The maximum absolute atomic E-state index is 2.38. The van der Waals surface area contributed by atoms with Crippen LogP contribution in [0.25, 0.3) is 0 Å². The number of hydrogen-bond acceptors (Lipinski definition) is 0. The molecule has 82 valence electrons. The molecule has 0 amide bonds. The van der Waals surface area contributed by atoms with E-state index in [1.807, 2.05) is 0 Å². The standard InChI is InChI=1S/C15H22/c1-9-6-7-14-12(4)10(2)11(3)13(5)15(14)8-9/h9H,6-8H2,1-5H3. The Labute approximate surface area is 93.7 Å². The Morgan fingerprint density at radius 3 is 1.93 bits per heavy atom. The quantitative estimate of drug-likeness (QED) is 0.595. The molecule has 2 rings (SSSR count). The third-order valence-electron chi connectivity index (χ3n) is 4.40. The summed E-state index contributed by atoms with van der Waals surface area (Å²) in [5.74, 6) is 0.873. The summed E-state index contributed by atoms with van der Waals surface area (Å²) in [6.45, 7) is 11.5. The monoisotopic (exact) mass is 202 g/mol. The number of hydrogen-bond donors (Lipinski definition) is 0. The molecular weight excluding hydrogens is 180 g/mol. The van der Waals surface area contributed by atoms with Crippen molar-refractivity contribution >= 4 is 0 Å². The van der Waals surface area contributed by atoms with Gasteiger partial charge in [0.15, 0.2) is 0 Å². The lowest BCUT2D eigenvalue weighted by Crippen LogP contribution is -2.16. The average Bonchev–Trinajstić information content (AvgIpc) is 2.23. The number of rotatable bonds is 0. The Balaban J connectivity index is 2.65. The molecule has 0 radical (unpaired) electrons. The van der Waals surface area contributed by atoms with E-state index < -0.39 is 0 Å². The second-order valence-corrected chi connectivity index (χ2v) is 5.31. The van der Waals surface area contributed by atoms with Gasteiger partial charge in [-0.05, 0) is 86.3 Å². The minimum Gasteiger partial charge on any atom is -0.0622 e. The van der Waals surface area contributed by atoms with Crippen molar-refractivity contribution in [2.75, 3.05) is 0 Å². The topological polar surface area (TPSA) is 0 Å². The first-order valence-electron chi connectivity index (χ1n) is 6.10. The zero-order chi connectivity index (χ0) is 11.2. The van der Waals surface area contributed by atoms with Crippen molar-refractivity contribution in [3.8, 4) is 0 Å². The minimum absolute atomic E-state index is 0.873. The molecule has 0 N–H and O–H groups in total. The maximum atomic E-state index is 2.38. The fraction of sp³-hybridized carbons (Fsp3) is 0.600. The molecule has 1 aliphatic carbocycles. The van der Waals surface area contributed by atoms with Crippen LogP contribution in [0, 0.1) is 33.6 Å². The number of fused-ring (bicyclic) bond motifs is 1. The van der Waals surface area contributed by atoms with Gasteiger partial charge in [0.1, 0.15) is 0 Å². The first kappa shape index (κ1) is 10.7. The summed E-state index contributed by atoms with van der Waals surface area (Å²) < 4.78 is 0. The van der Waals surface area contributed by atoms with Gasteiger partial charge in [-0.25, -0.2) is 0 Å². The molecule has 0 saturated heterocycles. The van der Waals surface area contributed by atoms with E-state index in [-0.39, 0.29) is 0 Å².